The van der Waals surface area contributed by atoms with Gasteiger partial charge in [0.15, 0.2) is 0 Å². The minimum atomic E-state index is 0.250. The van der Waals surface area contributed by atoms with Crippen LogP contribution in [0.4, 0.5) is 0 Å². The normalized spacial score (nSPS) is 17.5. The van der Waals surface area contributed by atoms with Gasteiger partial charge < -0.3 is 5.11 Å². The quantitative estimate of drug-likeness (QED) is 0.814. The zero-order chi connectivity index (χ0) is 13.7. The number of hydrogen-bond acceptors (Lipinski definition) is 2. The largest absolute Gasteiger partial charge is 0.395 e. The zero-order valence-electron chi connectivity index (χ0n) is 12.3. The van der Waals surface area contributed by atoms with Crippen LogP contribution in [0.5, 0.6) is 0 Å². The maximum absolute atomic E-state index is 9.43. The van der Waals surface area contributed by atoms with Crippen molar-refractivity contribution in [3.63, 3.8) is 0 Å². The second kappa shape index (κ2) is 7.06. The van der Waals surface area contributed by atoms with Crippen LogP contribution in [-0.2, 0) is 13.0 Å². The standard InChI is InChI=1S/C17H27NO/c1-3-15-7-9-17(10-8-15)12-18(14(2)13-19)11-16-5-4-6-16/h7-10,14,16,19H,3-6,11-13H2,1-2H3/t14-/m0/s1. The summed E-state index contributed by atoms with van der Waals surface area (Å²) in [6.45, 7) is 6.66. The maximum atomic E-state index is 9.43. The fourth-order valence-electron chi connectivity index (χ4n) is 2.64. The van der Waals surface area contributed by atoms with Gasteiger partial charge in [0.25, 0.3) is 0 Å². The molecule has 0 spiro atoms. The topological polar surface area (TPSA) is 23.5 Å². The van der Waals surface area contributed by atoms with E-state index in [2.05, 4.69) is 43.0 Å². The van der Waals surface area contributed by atoms with Crippen LogP contribution in [0, 0.1) is 5.92 Å². The lowest BCUT2D eigenvalue weighted by Gasteiger charge is -2.35. The van der Waals surface area contributed by atoms with Crippen molar-refractivity contribution in [1.82, 2.24) is 4.90 Å². The van der Waals surface area contributed by atoms with E-state index in [4.69, 9.17) is 0 Å². The number of aliphatic hydroxyl groups is 1. The fraction of sp³-hybridized carbons (Fsp3) is 0.647. The fourth-order valence-corrected chi connectivity index (χ4v) is 2.64. The summed E-state index contributed by atoms with van der Waals surface area (Å²) in [5, 5.41) is 9.43. The SMILES string of the molecule is CCc1ccc(CN(CC2CCC2)[C@@H](C)CO)cc1. The van der Waals surface area contributed by atoms with Gasteiger partial charge in [0.1, 0.15) is 0 Å². The molecule has 0 saturated heterocycles. The van der Waals surface area contributed by atoms with E-state index in [1.807, 2.05) is 0 Å². The summed E-state index contributed by atoms with van der Waals surface area (Å²) in [4.78, 5) is 2.44. The highest BCUT2D eigenvalue weighted by molar-refractivity contribution is 5.22. The molecule has 0 bridgehead atoms. The molecule has 2 rings (SSSR count). The number of rotatable bonds is 7. The van der Waals surface area contributed by atoms with E-state index >= 15 is 0 Å². The smallest absolute Gasteiger partial charge is 0.0584 e. The Labute approximate surface area is 117 Å². The monoisotopic (exact) mass is 261 g/mol. The summed E-state index contributed by atoms with van der Waals surface area (Å²) >= 11 is 0. The first kappa shape index (κ1) is 14.5. The molecule has 1 fully saturated rings. The van der Waals surface area contributed by atoms with Crippen molar-refractivity contribution < 1.29 is 5.11 Å². The predicted molar refractivity (Wildman–Crippen MR) is 80.1 cm³/mol. The molecule has 2 nitrogen and oxygen atoms in total. The Morgan fingerprint density at radius 1 is 1.21 bits per heavy atom. The van der Waals surface area contributed by atoms with E-state index in [0.717, 1.165) is 25.4 Å². The lowest BCUT2D eigenvalue weighted by molar-refractivity contribution is 0.0918. The predicted octanol–water partition coefficient (Wildman–Crippen LogP) is 3.23. The summed E-state index contributed by atoms with van der Waals surface area (Å²) in [5.41, 5.74) is 2.75. The van der Waals surface area contributed by atoms with Gasteiger partial charge in [0, 0.05) is 19.1 Å². The second-order valence-electron chi connectivity index (χ2n) is 5.93. The van der Waals surface area contributed by atoms with Gasteiger partial charge in [-0.3, -0.25) is 4.90 Å². The summed E-state index contributed by atoms with van der Waals surface area (Å²) in [7, 11) is 0. The molecule has 2 heteroatoms. The highest BCUT2D eigenvalue weighted by atomic mass is 16.3. The third-order valence-corrected chi connectivity index (χ3v) is 4.42. The average molecular weight is 261 g/mol. The van der Waals surface area contributed by atoms with Crippen molar-refractivity contribution in [2.75, 3.05) is 13.2 Å². The number of aryl methyl sites for hydroxylation is 1. The summed E-state index contributed by atoms with van der Waals surface area (Å²) in [6, 6.07) is 9.17. The third kappa shape index (κ3) is 4.05. The van der Waals surface area contributed by atoms with Gasteiger partial charge in [0.2, 0.25) is 0 Å². The van der Waals surface area contributed by atoms with E-state index in [1.165, 1.54) is 30.4 Å². The van der Waals surface area contributed by atoms with E-state index in [1.54, 1.807) is 0 Å². The summed E-state index contributed by atoms with van der Waals surface area (Å²) < 4.78 is 0. The second-order valence-corrected chi connectivity index (χ2v) is 5.93. The van der Waals surface area contributed by atoms with Crippen molar-refractivity contribution in [1.29, 1.82) is 0 Å². The van der Waals surface area contributed by atoms with Gasteiger partial charge in [0.05, 0.1) is 6.61 Å². The van der Waals surface area contributed by atoms with Crippen LogP contribution in [0.25, 0.3) is 0 Å². The van der Waals surface area contributed by atoms with Crippen LogP contribution in [0.3, 0.4) is 0 Å². The molecule has 1 aliphatic rings. The molecule has 1 aromatic carbocycles. The average Bonchev–Trinajstić information content (AvgIpc) is 2.41. The first-order chi connectivity index (χ1) is 9.22. The number of nitrogens with zero attached hydrogens (tertiary/aromatic N) is 1. The molecule has 0 aromatic heterocycles. The van der Waals surface area contributed by atoms with Gasteiger partial charge in [-0.1, -0.05) is 37.6 Å². The molecule has 19 heavy (non-hydrogen) atoms. The molecular weight excluding hydrogens is 234 g/mol. The molecule has 1 N–H and O–H groups in total. The highest BCUT2D eigenvalue weighted by Crippen LogP contribution is 2.28. The van der Waals surface area contributed by atoms with E-state index in [9.17, 15) is 5.11 Å². The highest BCUT2D eigenvalue weighted by Gasteiger charge is 2.23. The minimum absolute atomic E-state index is 0.250. The minimum Gasteiger partial charge on any atom is -0.395 e. The Morgan fingerprint density at radius 2 is 1.84 bits per heavy atom. The van der Waals surface area contributed by atoms with E-state index < -0.39 is 0 Å². The van der Waals surface area contributed by atoms with Crippen molar-refractivity contribution >= 4 is 0 Å². The molecule has 0 amide bonds. The zero-order valence-corrected chi connectivity index (χ0v) is 12.3. The number of benzene rings is 1. The molecule has 0 unspecified atom stereocenters. The van der Waals surface area contributed by atoms with Crippen LogP contribution in [0.1, 0.15) is 44.2 Å². The molecule has 1 saturated carbocycles. The molecule has 1 aliphatic carbocycles. The molecule has 1 atom stereocenters. The van der Waals surface area contributed by atoms with Gasteiger partial charge in [-0.05, 0) is 43.2 Å². The molecule has 0 radical (unpaired) electrons. The molecular formula is C17H27NO. The lowest BCUT2D eigenvalue weighted by atomic mass is 9.85. The summed E-state index contributed by atoms with van der Waals surface area (Å²) in [6.07, 6.45) is 5.21. The van der Waals surface area contributed by atoms with Crippen molar-refractivity contribution in [2.45, 2.75) is 52.1 Å². The molecule has 106 valence electrons. The van der Waals surface area contributed by atoms with Crippen LogP contribution < -0.4 is 0 Å². The first-order valence-electron chi connectivity index (χ1n) is 7.65. The molecule has 1 aromatic rings. The van der Waals surface area contributed by atoms with E-state index in [-0.39, 0.29) is 12.6 Å². The van der Waals surface area contributed by atoms with Crippen LogP contribution >= 0.6 is 0 Å². The Balaban J connectivity index is 1.96. The van der Waals surface area contributed by atoms with Crippen molar-refractivity contribution in [3.05, 3.63) is 35.4 Å². The Hall–Kier alpha value is -0.860. The summed E-state index contributed by atoms with van der Waals surface area (Å²) in [5.74, 6) is 0.851. The lowest BCUT2D eigenvalue weighted by Crippen LogP contribution is -2.40. The van der Waals surface area contributed by atoms with Crippen LogP contribution in [0.15, 0.2) is 24.3 Å². The van der Waals surface area contributed by atoms with Crippen LogP contribution in [-0.4, -0.2) is 29.2 Å². The Bertz CT molecular complexity index is 369. The first-order valence-corrected chi connectivity index (χ1v) is 7.65. The van der Waals surface area contributed by atoms with Gasteiger partial charge in [-0.15, -0.1) is 0 Å². The van der Waals surface area contributed by atoms with Crippen LogP contribution in [0.2, 0.25) is 0 Å². The van der Waals surface area contributed by atoms with Crippen molar-refractivity contribution in [3.8, 4) is 0 Å². The Kier molecular flexibility index (Phi) is 5.41. The maximum Gasteiger partial charge on any atom is 0.0584 e. The molecule has 0 heterocycles. The van der Waals surface area contributed by atoms with Gasteiger partial charge >= 0.3 is 0 Å². The van der Waals surface area contributed by atoms with E-state index in [0.29, 0.717) is 0 Å². The van der Waals surface area contributed by atoms with Crippen molar-refractivity contribution in [2.24, 2.45) is 5.92 Å². The molecule has 0 aliphatic heterocycles. The van der Waals surface area contributed by atoms with Gasteiger partial charge in [-0.25, -0.2) is 0 Å². The number of aliphatic hydroxyl groups excluding tert-OH is 1. The number of hydrogen-bond donors (Lipinski definition) is 1. The van der Waals surface area contributed by atoms with Gasteiger partial charge in [-0.2, -0.15) is 0 Å². The Morgan fingerprint density at radius 3 is 2.32 bits per heavy atom. The third-order valence-electron chi connectivity index (χ3n) is 4.42.